The molecule has 5 heteroatoms. The molecule has 2 nitrogen and oxygen atoms in total. The molecule has 0 amide bonds. The zero-order valence-electron chi connectivity index (χ0n) is 10.2. The van der Waals surface area contributed by atoms with Crippen molar-refractivity contribution in [2.75, 3.05) is 6.61 Å². The van der Waals surface area contributed by atoms with Gasteiger partial charge in [0, 0.05) is 0 Å². The van der Waals surface area contributed by atoms with Crippen LogP contribution in [0.1, 0.15) is 39.5 Å². The van der Waals surface area contributed by atoms with Crippen LogP contribution in [0.4, 0.5) is 13.2 Å². The standard InChI is InChI=1S/C12H18F3NO/c1-11(2)5-3-10(4-6-11)17-8-9(7-16)12(13,14)15/h9-10H,3-6,8H2,1-2H3. The molecule has 1 atom stereocenters. The van der Waals surface area contributed by atoms with Gasteiger partial charge < -0.3 is 4.74 Å². The normalized spacial score (nSPS) is 23.1. The van der Waals surface area contributed by atoms with Gasteiger partial charge in [0.15, 0.2) is 5.92 Å². The van der Waals surface area contributed by atoms with Gasteiger partial charge in [-0.05, 0) is 31.1 Å². The Morgan fingerprint density at radius 2 is 1.88 bits per heavy atom. The van der Waals surface area contributed by atoms with Crippen LogP contribution in [0.15, 0.2) is 0 Å². The van der Waals surface area contributed by atoms with E-state index in [0.717, 1.165) is 25.7 Å². The number of hydrogen-bond acceptors (Lipinski definition) is 2. The van der Waals surface area contributed by atoms with Crippen LogP contribution in [0.5, 0.6) is 0 Å². The molecule has 0 aromatic rings. The van der Waals surface area contributed by atoms with Crippen molar-refractivity contribution < 1.29 is 17.9 Å². The van der Waals surface area contributed by atoms with Crippen molar-refractivity contribution in [3.05, 3.63) is 0 Å². The van der Waals surface area contributed by atoms with Gasteiger partial charge in [0.1, 0.15) is 0 Å². The summed E-state index contributed by atoms with van der Waals surface area (Å²) in [6.45, 7) is 3.76. The van der Waals surface area contributed by atoms with E-state index < -0.39 is 18.7 Å². The second-order valence-electron chi connectivity index (χ2n) is 5.42. The van der Waals surface area contributed by atoms with Gasteiger partial charge in [0.2, 0.25) is 0 Å². The molecule has 1 aliphatic rings. The van der Waals surface area contributed by atoms with E-state index in [9.17, 15) is 13.2 Å². The maximum Gasteiger partial charge on any atom is 0.406 e. The van der Waals surface area contributed by atoms with Crippen molar-refractivity contribution >= 4 is 0 Å². The van der Waals surface area contributed by atoms with Gasteiger partial charge >= 0.3 is 6.18 Å². The summed E-state index contributed by atoms with van der Waals surface area (Å²) in [5, 5.41) is 8.42. The molecule has 1 aliphatic carbocycles. The van der Waals surface area contributed by atoms with Crippen LogP contribution in [0.25, 0.3) is 0 Å². The SMILES string of the molecule is CC1(C)CCC(OCC(C#N)C(F)(F)F)CC1. The quantitative estimate of drug-likeness (QED) is 0.764. The summed E-state index contributed by atoms with van der Waals surface area (Å²) in [7, 11) is 0. The first-order valence-corrected chi connectivity index (χ1v) is 5.82. The predicted molar refractivity (Wildman–Crippen MR) is 57.1 cm³/mol. The summed E-state index contributed by atoms with van der Waals surface area (Å²) in [6.07, 6.45) is -1.13. The summed E-state index contributed by atoms with van der Waals surface area (Å²) in [5.74, 6) is -2.00. The largest absolute Gasteiger partial charge is 0.406 e. The van der Waals surface area contributed by atoms with Crippen molar-refractivity contribution in [3.63, 3.8) is 0 Å². The van der Waals surface area contributed by atoms with Crippen LogP contribution >= 0.6 is 0 Å². The molecule has 0 heterocycles. The maximum atomic E-state index is 12.3. The Kier molecular flexibility index (Phi) is 4.42. The third kappa shape index (κ3) is 4.55. The lowest BCUT2D eigenvalue weighted by molar-refractivity contribution is -0.177. The molecule has 1 unspecified atom stereocenters. The molecule has 0 radical (unpaired) electrons. The van der Waals surface area contributed by atoms with Gasteiger partial charge in [-0.25, -0.2) is 0 Å². The molecule has 0 spiro atoms. The topological polar surface area (TPSA) is 33.0 Å². The molecule has 1 rings (SSSR count). The Labute approximate surface area is 99.8 Å². The molecule has 0 N–H and O–H groups in total. The molecule has 1 fully saturated rings. The molecule has 0 bridgehead atoms. The van der Waals surface area contributed by atoms with Crippen LogP contribution in [0.2, 0.25) is 0 Å². The number of hydrogen-bond donors (Lipinski definition) is 0. The van der Waals surface area contributed by atoms with Crippen molar-refractivity contribution in [2.45, 2.75) is 51.8 Å². The molecule has 0 aromatic carbocycles. The third-order valence-electron chi connectivity index (χ3n) is 3.34. The number of alkyl halides is 3. The van der Waals surface area contributed by atoms with Gasteiger partial charge in [-0.15, -0.1) is 0 Å². The lowest BCUT2D eigenvalue weighted by Crippen LogP contribution is -2.31. The molecular formula is C12H18F3NO. The van der Waals surface area contributed by atoms with E-state index in [0.29, 0.717) is 0 Å². The predicted octanol–water partition coefficient (Wildman–Crippen LogP) is 3.67. The highest BCUT2D eigenvalue weighted by molar-refractivity contribution is 4.89. The Hall–Kier alpha value is -0.760. The molecule has 98 valence electrons. The van der Waals surface area contributed by atoms with E-state index in [1.165, 1.54) is 6.07 Å². The zero-order chi connectivity index (χ0) is 13.1. The fourth-order valence-corrected chi connectivity index (χ4v) is 1.98. The Balaban J connectivity index is 2.35. The van der Waals surface area contributed by atoms with Crippen LogP contribution in [-0.4, -0.2) is 18.9 Å². The summed E-state index contributed by atoms with van der Waals surface area (Å²) >= 11 is 0. The lowest BCUT2D eigenvalue weighted by Gasteiger charge is -2.34. The number of nitriles is 1. The number of rotatable bonds is 3. The highest BCUT2D eigenvalue weighted by atomic mass is 19.4. The Morgan fingerprint density at radius 1 is 1.35 bits per heavy atom. The molecular weight excluding hydrogens is 231 g/mol. The highest BCUT2D eigenvalue weighted by Crippen LogP contribution is 2.36. The van der Waals surface area contributed by atoms with Gasteiger partial charge in [-0.2, -0.15) is 18.4 Å². The molecule has 1 saturated carbocycles. The van der Waals surface area contributed by atoms with Crippen molar-refractivity contribution in [2.24, 2.45) is 11.3 Å². The minimum Gasteiger partial charge on any atom is -0.376 e. The summed E-state index contributed by atoms with van der Waals surface area (Å²) < 4.78 is 42.1. The van der Waals surface area contributed by atoms with E-state index >= 15 is 0 Å². The summed E-state index contributed by atoms with van der Waals surface area (Å²) in [5.41, 5.74) is 0.262. The van der Waals surface area contributed by atoms with Gasteiger partial charge in [0.25, 0.3) is 0 Å². The zero-order valence-corrected chi connectivity index (χ0v) is 10.2. The van der Waals surface area contributed by atoms with Gasteiger partial charge in [0.05, 0.1) is 18.8 Å². The third-order valence-corrected chi connectivity index (χ3v) is 3.34. The molecule has 0 saturated heterocycles. The smallest absolute Gasteiger partial charge is 0.376 e. The fraction of sp³-hybridized carbons (Fsp3) is 0.917. The molecule has 17 heavy (non-hydrogen) atoms. The van der Waals surface area contributed by atoms with Crippen LogP contribution in [0.3, 0.4) is 0 Å². The second-order valence-corrected chi connectivity index (χ2v) is 5.42. The average molecular weight is 249 g/mol. The minimum atomic E-state index is -4.48. The molecule has 0 aliphatic heterocycles. The number of nitrogens with zero attached hydrogens (tertiary/aromatic N) is 1. The van der Waals surface area contributed by atoms with Crippen molar-refractivity contribution in [3.8, 4) is 6.07 Å². The maximum absolute atomic E-state index is 12.3. The average Bonchev–Trinajstić information content (AvgIpc) is 2.19. The lowest BCUT2D eigenvalue weighted by atomic mass is 9.76. The monoisotopic (exact) mass is 249 g/mol. The Morgan fingerprint density at radius 3 is 2.29 bits per heavy atom. The second kappa shape index (κ2) is 5.26. The van der Waals surface area contributed by atoms with Gasteiger partial charge in [-0.1, -0.05) is 13.8 Å². The van der Waals surface area contributed by atoms with E-state index in [-0.39, 0.29) is 11.5 Å². The minimum absolute atomic E-state index is 0.124. The van der Waals surface area contributed by atoms with Crippen LogP contribution in [-0.2, 0) is 4.74 Å². The fourth-order valence-electron chi connectivity index (χ4n) is 1.98. The first kappa shape index (κ1) is 14.3. The first-order chi connectivity index (χ1) is 7.74. The van der Waals surface area contributed by atoms with Crippen LogP contribution in [0, 0.1) is 22.7 Å². The molecule has 0 aromatic heterocycles. The first-order valence-electron chi connectivity index (χ1n) is 5.82. The highest BCUT2D eigenvalue weighted by Gasteiger charge is 2.40. The van der Waals surface area contributed by atoms with E-state index in [1.54, 1.807) is 0 Å². The number of halogens is 3. The van der Waals surface area contributed by atoms with E-state index in [1.807, 2.05) is 0 Å². The van der Waals surface area contributed by atoms with E-state index in [4.69, 9.17) is 10.00 Å². The van der Waals surface area contributed by atoms with Gasteiger partial charge in [-0.3, -0.25) is 0 Å². The summed E-state index contributed by atoms with van der Waals surface area (Å²) in [6, 6.07) is 1.25. The summed E-state index contributed by atoms with van der Waals surface area (Å²) in [4.78, 5) is 0. The van der Waals surface area contributed by atoms with E-state index in [2.05, 4.69) is 13.8 Å². The van der Waals surface area contributed by atoms with Crippen molar-refractivity contribution in [1.29, 1.82) is 5.26 Å². The number of ether oxygens (including phenoxy) is 1. The van der Waals surface area contributed by atoms with Crippen LogP contribution < -0.4 is 0 Å². The Bertz CT molecular complexity index is 283. The van der Waals surface area contributed by atoms with Crippen molar-refractivity contribution in [1.82, 2.24) is 0 Å².